The molecule has 0 saturated heterocycles. The molecule has 19 heavy (non-hydrogen) atoms. The molecule has 1 amide bonds. The zero-order chi connectivity index (χ0) is 14.0. The van der Waals surface area contributed by atoms with Gasteiger partial charge in [0.1, 0.15) is 5.15 Å². The van der Waals surface area contributed by atoms with Gasteiger partial charge in [0.15, 0.2) is 0 Å². The van der Waals surface area contributed by atoms with E-state index < -0.39 is 0 Å². The van der Waals surface area contributed by atoms with Gasteiger partial charge >= 0.3 is 0 Å². The van der Waals surface area contributed by atoms with Gasteiger partial charge in [-0.25, -0.2) is 4.98 Å². The molecule has 0 radical (unpaired) electrons. The minimum absolute atomic E-state index is 0.235. The second kappa shape index (κ2) is 5.59. The van der Waals surface area contributed by atoms with Gasteiger partial charge in [-0.2, -0.15) is 0 Å². The molecule has 3 N–H and O–H groups in total. The Labute approximate surface area is 124 Å². The lowest BCUT2D eigenvalue weighted by molar-refractivity contribution is 0.102. The SMILES string of the molecule is Cc1c(N)cccc1C(=O)Nc1cnc(Cl)c(Br)c1. The number of nitrogens with zero attached hydrogens (tertiary/aromatic N) is 1. The van der Waals surface area contributed by atoms with Crippen LogP contribution in [0.4, 0.5) is 11.4 Å². The van der Waals surface area contributed by atoms with Gasteiger partial charge in [0.25, 0.3) is 5.91 Å². The lowest BCUT2D eigenvalue weighted by Gasteiger charge is -2.09. The molecule has 0 aliphatic carbocycles. The molecule has 6 heteroatoms. The molecule has 0 spiro atoms. The minimum atomic E-state index is -0.235. The number of hydrogen-bond donors (Lipinski definition) is 2. The monoisotopic (exact) mass is 339 g/mol. The van der Waals surface area contributed by atoms with Crippen LogP contribution in [0.5, 0.6) is 0 Å². The first kappa shape index (κ1) is 13.8. The molecule has 0 aliphatic rings. The highest BCUT2D eigenvalue weighted by Gasteiger charge is 2.11. The van der Waals surface area contributed by atoms with Gasteiger partial charge in [-0.3, -0.25) is 4.79 Å². The van der Waals surface area contributed by atoms with E-state index in [4.69, 9.17) is 17.3 Å². The van der Waals surface area contributed by atoms with Crippen molar-refractivity contribution in [2.75, 3.05) is 11.1 Å². The Morgan fingerprint density at radius 3 is 2.89 bits per heavy atom. The Morgan fingerprint density at radius 1 is 1.47 bits per heavy atom. The van der Waals surface area contributed by atoms with E-state index in [9.17, 15) is 4.79 Å². The summed E-state index contributed by atoms with van der Waals surface area (Å²) in [4.78, 5) is 16.1. The van der Waals surface area contributed by atoms with Gasteiger partial charge < -0.3 is 11.1 Å². The molecule has 4 nitrogen and oxygen atoms in total. The maximum Gasteiger partial charge on any atom is 0.256 e. The molecular formula is C13H11BrClN3O. The standard InChI is InChI=1S/C13H11BrClN3O/c1-7-9(3-2-4-11(7)16)13(19)18-8-5-10(14)12(15)17-6-8/h2-6H,16H2,1H3,(H,18,19). The molecule has 2 aromatic rings. The number of aromatic nitrogens is 1. The molecule has 0 saturated carbocycles. The normalized spacial score (nSPS) is 10.3. The predicted molar refractivity (Wildman–Crippen MR) is 80.5 cm³/mol. The van der Waals surface area contributed by atoms with Gasteiger partial charge in [-0.15, -0.1) is 0 Å². The number of nitrogens with two attached hydrogens (primary N) is 1. The summed E-state index contributed by atoms with van der Waals surface area (Å²) in [6, 6.07) is 6.91. The Morgan fingerprint density at radius 2 is 2.21 bits per heavy atom. The van der Waals surface area contributed by atoms with Crippen LogP contribution >= 0.6 is 27.5 Å². The van der Waals surface area contributed by atoms with Crippen molar-refractivity contribution < 1.29 is 4.79 Å². The number of carbonyl (C=O) groups is 1. The van der Waals surface area contributed by atoms with Crippen molar-refractivity contribution in [2.45, 2.75) is 6.92 Å². The Balaban J connectivity index is 2.26. The third kappa shape index (κ3) is 3.05. The number of pyridine rings is 1. The topological polar surface area (TPSA) is 68.0 Å². The zero-order valence-electron chi connectivity index (χ0n) is 10.1. The van der Waals surface area contributed by atoms with Crippen molar-refractivity contribution in [2.24, 2.45) is 0 Å². The highest BCUT2D eigenvalue weighted by molar-refractivity contribution is 9.10. The first-order chi connectivity index (χ1) is 8.99. The fraction of sp³-hybridized carbons (Fsp3) is 0.0769. The van der Waals surface area contributed by atoms with Crippen molar-refractivity contribution in [1.29, 1.82) is 0 Å². The van der Waals surface area contributed by atoms with Gasteiger partial charge in [0.2, 0.25) is 0 Å². The molecular weight excluding hydrogens is 330 g/mol. The molecule has 1 aromatic carbocycles. The summed E-state index contributed by atoms with van der Waals surface area (Å²) in [7, 11) is 0. The summed E-state index contributed by atoms with van der Waals surface area (Å²) in [5, 5.41) is 3.09. The number of carbonyl (C=O) groups excluding carboxylic acids is 1. The first-order valence-electron chi connectivity index (χ1n) is 5.46. The van der Waals surface area contributed by atoms with E-state index in [1.165, 1.54) is 6.20 Å². The van der Waals surface area contributed by atoms with Gasteiger partial charge in [-0.05, 0) is 46.6 Å². The van der Waals surface area contributed by atoms with Crippen molar-refractivity contribution >= 4 is 44.8 Å². The van der Waals surface area contributed by atoms with Crippen LogP contribution in [0.3, 0.4) is 0 Å². The third-order valence-electron chi connectivity index (χ3n) is 2.67. The van der Waals surface area contributed by atoms with E-state index in [-0.39, 0.29) is 5.91 Å². The van der Waals surface area contributed by atoms with Crippen LogP contribution in [0.1, 0.15) is 15.9 Å². The van der Waals surface area contributed by atoms with Crippen LogP contribution in [-0.4, -0.2) is 10.9 Å². The van der Waals surface area contributed by atoms with Crippen molar-refractivity contribution in [3.63, 3.8) is 0 Å². The predicted octanol–water partition coefficient (Wildman–Crippen LogP) is 3.64. The third-order valence-corrected chi connectivity index (χ3v) is 3.81. The summed E-state index contributed by atoms with van der Waals surface area (Å²) in [5.41, 5.74) is 8.21. The lowest BCUT2D eigenvalue weighted by atomic mass is 10.1. The maximum absolute atomic E-state index is 12.1. The molecule has 1 heterocycles. The number of anilines is 2. The number of rotatable bonds is 2. The Hall–Kier alpha value is -1.59. The average Bonchev–Trinajstić information content (AvgIpc) is 2.37. The van der Waals surface area contributed by atoms with E-state index >= 15 is 0 Å². The molecule has 0 bridgehead atoms. The maximum atomic E-state index is 12.1. The quantitative estimate of drug-likeness (QED) is 0.648. The summed E-state index contributed by atoms with van der Waals surface area (Å²) in [6.07, 6.45) is 1.49. The number of halogens is 2. The van der Waals surface area contributed by atoms with Crippen molar-refractivity contribution in [3.8, 4) is 0 Å². The smallest absolute Gasteiger partial charge is 0.256 e. The Kier molecular flexibility index (Phi) is 4.07. The van der Waals surface area contributed by atoms with Crippen LogP contribution in [0.2, 0.25) is 5.15 Å². The molecule has 2 rings (SSSR count). The minimum Gasteiger partial charge on any atom is -0.398 e. The second-order valence-electron chi connectivity index (χ2n) is 3.97. The van der Waals surface area contributed by atoms with E-state index in [2.05, 4.69) is 26.2 Å². The largest absolute Gasteiger partial charge is 0.398 e. The molecule has 0 unspecified atom stereocenters. The van der Waals surface area contributed by atoms with E-state index in [0.717, 1.165) is 5.56 Å². The van der Waals surface area contributed by atoms with Crippen molar-refractivity contribution in [3.05, 3.63) is 51.2 Å². The molecule has 1 aromatic heterocycles. The van der Waals surface area contributed by atoms with Crippen LogP contribution in [0.15, 0.2) is 34.9 Å². The van der Waals surface area contributed by atoms with E-state index in [1.807, 2.05) is 0 Å². The number of nitrogens with one attached hydrogen (secondary N) is 1. The fourth-order valence-electron chi connectivity index (χ4n) is 1.59. The number of amides is 1. The van der Waals surface area contributed by atoms with Gasteiger partial charge in [0, 0.05) is 11.3 Å². The van der Waals surface area contributed by atoms with Crippen LogP contribution in [0.25, 0.3) is 0 Å². The molecule has 98 valence electrons. The number of benzene rings is 1. The summed E-state index contributed by atoms with van der Waals surface area (Å²) < 4.78 is 0.622. The highest BCUT2D eigenvalue weighted by Crippen LogP contribution is 2.24. The zero-order valence-corrected chi connectivity index (χ0v) is 12.4. The first-order valence-corrected chi connectivity index (χ1v) is 6.63. The highest BCUT2D eigenvalue weighted by atomic mass is 79.9. The molecule has 0 aliphatic heterocycles. The molecule has 0 fully saturated rings. The van der Waals surface area contributed by atoms with Crippen LogP contribution < -0.4 is 11.1 Å². The van der Waals surface area contributed by atoms with E-state index in [1.54, 1.807) is 31.2 Å². The average molecular weight is 341 g/mol. The second-order valence-corrected chi connectivity index (χ2v) is 5.18. The van der Waals surface area contributed by atoms with Gasteiger partial charge in [0.05, 0.1) is 16.4 Å². The summed E-state index contributed by atoms with van der Waals surface area (Å²) >= 11 is 9.05. The lowest BCUT2D eigenvalue weighted by Crippen LogP contribution is -2.14. The van der Waals surface area contributed by atoms with Crippen LogP contribution in [-0.2, 0) is 0 Å². The summed E-state index contributed by atoms with van der Waals surface area (Å²) in [6.45, 7) is 1.81. The number of hydrogen-bond acceptors (Lipinski definition) is 3. The van der Waals surface area contributed by atoms with E-state index in [0.29, 0.717) is 26.6 Å². The fourth-order valence-corrected chi connectivity index (χ4v) is 2.04. The number of nitrogen functional groups attached to an aromatic ring is 1. The summed E-state index contributed by atoms with van der Waals surface area (Å²) in [5.74, 6) is -0.235. The Bertz CT molecular complexity index is 646. The van der Waals surface area contributed by atoms with Crippen molar-refractivity contribution in [1.82, 2.24) is 4.98 Å². The molecule has 0 atom stereocenters. The van der Waals surface area contributed by atoms with Gasteiger partial charge in [-0.1, -0.05) is 17.7 Å². The van der Waals surface area contributed by atoms with Crippen LogP contribution in [0, 0.1) is 6.92 Å².